The van der Waals surface area contributed by atoms with Gasteiger partial charge in [-0.2, -0.15) is 5.10 Å². The van der Waals surface area contributed by atoms with E-state index < -0.39 is 6.29 Å². The fourth-order valence-electron chi connectivity index (χ4n) is 1.53. The van der Waals surface area contributed by atoms with Gasteiger partial charge in [0.05, 0.1) is 5.69 Å². The Labute approximate surface area is 93.6 Å². The van der Waals surface area contributed by atoms with Gasteiger partial charge in [0.2, 0.25) is 6.29 Å². The van der Waals surface area contributed by atoms with Crippen LogP contribution in [0.2, 0.25) is 0 Å². The summed E-state index contributed by atoms with van der Waals surface area (Å²) in [6.07, 6.45) is 4.72. The van der Waals surface area contributed by atoms with Crippen LogP contribution in [0.3, 0.4) is 0 Å². The monoisotopic (exact) mass is 219 g/mol. The van der Waals surface area contributed by atoms with Crippen molar-refractivity contribution in [2.45, 2.75) is 6.29 Å². The third kappa shape index (κ3) is 1.95. The number of methoxy groups -OCH3 is 2. The molecule has 2 rings (SSSR count). The molecule has 0 aliphatic carbocycles. The van der Waals surface area contributed by atoms with Crippen LogP contribution in [0.1, 0.15) is 12.0 Å². The fraction of sp³-hybridized carbons (Fsp3) is 0.273. The van der Waals surface area contributed by atoms with E-state index in [1.807, 2.05) is 18.2 Å². The minimum atomic E-state index is -0.421. The van der Waals surface area contributed by atoms with Gasteiger partial charge in [0, 0.05) is 32.8 Å². The summed E-state index contributed by atoms with van der Waals surface area (Å²) in [6, 6.07) is 5.61. The molecular formula is C11H13N3O2. The molecule has 0 aliphatic heterocycles. The molecule has 0 aliphatic rings. The van der Waals surface area contributed by atoms with E-state index in [2.05, 4.69) is 10.1 Å². The van der Waals surface area contributed by atoms with Crippen LogP contribution < -0.4 is 0 Å². The van der Waals surface area contributed by atoms with Crippen LogP contribution in [0, 0.1) is 0 Å². The molecular weight excluding hydrogens is 206 g/mol. The summed E-state index contributed by atoms with van der Waals surface area (Å²) in [5.74, 6) is 0. The second kappa shape index (κ2) is 4.87. The van der Waals surface area contributed by atoms with Gasteiger partial charge in [-0.25, -0.2) is 4.68 Å². The molecule has 0 aromatic carbocycles. The molecule has 16 heavy (non-hydrogen) atoms. The zero-order chi connectivity index (χ0) is 11.4. The Morgan fingerprint density at radius 1 is 1.06 bits per heavy atom. The quantitative estimate of drug-likeness (QED) is 0.732. The fourth-order valence-corrected chi connectivity index (χ4v) is 1.53. The predicted octanol–water partition coefficient (Wildman–Crippen LogP) is 1.56. The molecule has 0 fully saturated rings. The predicted molar refractivity (Wildman–Crippen MR) is 58.1 cm³/mol. The second-order valence-corrected chi connectivity index (χ2v) is 3.18. The lowest BCUT2D eigenvalue weighted by Gasteiger charge is -2.15. The Balaban J connectivity index is 2.40. The summed E-state index contributed by atoms with van der Waals surface area (Å²) in [7, 11) is 3.19. The molecule has 0 bridgehead atoms. The van der Waals surface area contributed by atoms with Crippen LogP contribution in [0.15, 0.2) is 36.8 Å². The van der Waals surface area contributed by atoms with Crippen molar-refractivity contribution in [3.8, 4) is 5.69 Å². The summed E-state index contributed by atoms with van der Waals surface area (Å²) in [6.45, 7) is 0. The smallest absolute Gasteiger partial charge is 0.200 e. The van der Waals surface area contributed by atoms with Crippen LogP contribution in [-0.4, -0.2) is 29.0 Å². The summed E-state index contributed by atoms with van der Waals surface area (Å²) in [4.78, 5) is 3.97. The van der Waals surface area contributed by atoms with E-state index in [9.17, 15) is 0 Å². The molecule has 0 amide bonds. The van der Waals surface area contributed by atoms with Crippen molar-refractivity contribution in [3.05, 3.63) is 42.5 Å². The second-order valence-electron chi connectivity index (χ2n) is 3.18. The van der Waals surface area contributed by atoms with Gasteiger partial charge >= 0.3 is 0 Å². The largest absolute Gasteiger partial charge is 0.350 e. The van der Waals surface area contributed by atoms with Crippen LogP contribution in [-0.2, 0) is 9.47 Å². The first-order valence-corrected chi connectivity index (χ1v) is 4.86. The van der Waals surface area contributed by atoms with E-state index in [-0.39, 0.29) is 0 Å². The first-order valence-electron chi connectivity index (χ1n) is 4.86. The maximum Gasteiger partial charge on any atom is 0.200 e. The number of hydrogen-bond donors (Lipinski definition) is 0. The number of nitrogens with zero attached hydrogens (tertiary/aromatic N) is 3. The Bertz CT molecular complexity index is 438. The van der Waals surface area contributed by atoms with Crippen LogP contribution in [0.5, 0.6) is 0 Å². The molecule has 0 saturated carbocycles. The number of pyridine rings is 1. The van der Waals surface area contributed by atoms with Gasteiger partial charge in [0.25, 0.3) is 0 Å². The molecule has 2 aromatic heterocycles. The normalized spacial score (nSPS) is 10.9. The number of rotatable bonds is 4. The minimum Gasteiger partial charge on any atom is -0.350 e. The number of aromatic nitrogens is 3. The van der Waals surface area contributed by atoms with Gasteiger partial charge < -0.3 is 9.47 Å². The van der Waals surface area contributed by atoms with E-state index in [0.29, 0.717) is 0 Å². The molecule has 5 heteroatoms. The van der Waals surface area contributed by atoms with E-state index >= 15 is 0 Å². The third-order valence-corrected chi connectivity index (χ3v) is 2.25. The highest BCUT2D eigenvalue weighted by Crippen LogP contribution is 2.19. The number of ether oxygens (including phenoxy) is 2. The zero-order valence-corrected chi connectivity index (χ0v) is 9.20. The SMILES string of the molecule is COC(OC)c1ccnn1-c1ccncc1. The first-order chi connectivity index (χ1) is 7.86. The molecule has 5 nitrogen and oxygen atoms in total. The van der Waals surface area contributed by atoms with Gasteiger partial charge in [-0.05, 0) is 18.2 Å². The maximum absolute atomic E-state index is 5.21. The highest BCUT2D eigenvalue weighted by Gasteiger charge is 2.15. The average Bonchev–Trinajstić information content (AvgIpc) is 2.81. The highest BCUT2D eigenvalue weighted by molar-refractivity contribution is 5.30. The molecule has 0 spiro atoms. The Morgan fingerprint density at radius 2 is 1.75 bits per heavy atom. The van der Waals surface area contributed by atoms with E-state index in [0.717, 1.165) is 11.4 Å². The van der Waals surface area contributed by atoms with Crippen molar-refractivity contribution in [3.63, 3.8) is 0 Å². The molecule has 0 atom stereocenters. The van der Waals surface area contributed by atoms with Gasteiger partial charge in [0.1, 0.15) is 5.69 Å². The van der Waals surface area contributed by atoms with Crippen molar-refractivity contribution < 1.29 is 9.47 Å². The minimum absolute atomic E-state index is 0.421. The van der Waals surface area contributed by atoms with E-state index in [4.69, 9.17) is 9.47 Å². The Kier molecular flexibility index (Phi) is 3.28. The lowest BCUT2D eigenvalue weighted by atomic mass is 10.3. The molecule has 0 saturated heterocycles. The molecule has 0 radical (unpaired) electrons. The zero-order valence-electron chi connectivity index (χ0n) is 9.20. The average molecular weight is 219 g/mol. The standard InChI is InChI=1S/C11H13N3O2/c1-15-11(16-2)10-5-8-13-14(10)9-3-6-12-7-4-9/h3-8,11H,1-2H3. The van der Waals surface area contributed by atoms with Crippen molar-refractivity contribution in [1.82, 2.24) is 14.8 Å². The topological polar surface area (TPSA) is 49.2 Å². The first kappa shape index (κ1) is 10.8. The Hall–Kier alpha value is -1.72. The molecule has 2 aromatic rings. The molecule has 0 unspecified atom stereocenters. The lowest BCUT2D eigenvalue weighted by molar-refractivity contribution is -0.109. The lowest BCUT2D eigenvalue weighted by Crippen LogP contribution is -2.10. The van der Waals surface area contributed by atoms with Gasteiger partial charge in [0.15, 0.2) is 0 Å². The van der Waals surface area contributed by atoms with Gasteiger partial charge in [-0.3, -0.25) is 4.98 Å². The van der Waals surface area contributed by atoms with Crippen molar-refractivity contribution >= 4 is 0 Å². The van der Waals surface area contributed by atoms with Crippen LogP contribution >= 0.6 is 0 Å². The van der Waals surface area contributed by atoms with E-state index in [1.165, 1.54) is 0 Å². The maximum atomic E-state index is 5.21. The molecule has 2 heterocycles. The summed E-state index contributed by atoms with van der Waals surface area (Å²) in [5, 5.41) is 4.23. The van der Waals surface area contributed by atoms with E-state index in [1.54, 1.807) is 37.5 Å². The van der Waals surface area contributed by atoms with Crippen molar-refractivity contribution in [2.24, 2.45) is 0 Å². The summed E-state index contributed by atoms with van der Waals surface area (Å²) in [5.41, 5.74) is 1.77. The Morgan fingerprint density at radius 3 is 2.38 bits per heavy atom. The molecule has 0 N–H and O–H groups in total. The van der Waals surface area contributed by atoms with Crippen molar-refractivity contribution in [1.29, 1.82) is 0 Å². The highest BCUT2D eigenvalue weighted by atomic mass is 16.7. The molecule has 84 valence electrons. The summed E-state index contributed by atoms with van der Waals surface area (Å²) >= 11 is 0. The van der Waals surface area contributed by atoms with Gasteiger partial charge in [-0.1, -0.05) is 0 Å². The summed E-state index contributed by atoms with van der Waals surface area (Å²) < 4.78 is 12.2. The number of hydrogen-bond acceptors (Lipinski definition) is 4. The van der Waals surface area contributed by atoms with Gasteiger partial charge in [-0.15, -0.1) is 0 Å². The third-order valence-electron chi connectivity index (χ3n) is 2.25. The van der Waals surface area contributed by atoms with Crippen LogP contribution in [0.4, 0.5) is 0 Å². The van der Waals surface area contributed by atoms with Crippen molar-refractivity contribution in [2.75, 3.05) is 14.2 Å². The van der Waals surface area contributed by atoms with Crippen LogP contribution in [0.25, 0.3) is 5.69 Å².